The lowest BCUT2D eigenvalue weighted by Gasteiger charge is -2.40. The van der Waals surface area contributed by atoms with Crippen molar-refractivity contribution in [2.24, 2.45) is 5.41 Å². The van der Waals surface area contributed by atoms with Gasteiger partial charge in [0.05, 0.1) is 12.0 Å². The van der Waals surface area contributed by atoms with Crippen LogP contribution >= 0.6 is 0 Å². The molecule has 1 fully saturated rings. The van der Waals surface area contributed by atoms with E-state index in [1.807, 2.05) is 6.92 Å². The third-order valence-corrected chi connectivity index (χ3v) is 4.76. The number of aromatic nitrogens is 2. The number of methoxy groups -OCH3 is 1. The van der Waals surface area contributed by atoms with Crippen LogP contribution in [0.2, 0.25) is 0 Å². The van der Waals surface area contributed by atoms with Gasteiger partial charge in [0.1, 0.15) is 5.60 Å². The molecule has 0 amide bonds. The van der Waals surface area contributed by atoms with Crippen LogP contribution in [0.1, 0.15) is 71.0 Å². The predicted octanol–water partition coefficient (Wildman–Crippen LogP) is 3.00. The van der Waals surface area contributed by atoms with Crippen LogP contribution in [-0.4, -0.2) is 28.5 Å². The van der Waals surface area contributed by atoms with Crippen molar-refractivity contribution in [3.05, 3.63) is 11.7 Å². The lowest BCUT2D eigenvalue weighted by atomic mass is 9.70. The Morgan fingerprint density at radius 1 is 1.20 bits per heavy atom. The highest BCUT2D eigenvalue weighted by Gasteiger charge is 2.43. The third kappa shape index (κ3) is 2.88. The second-order valence-corrected chi connectivity index (χ2v) is 6.85. The maximum atomic E-state index is 9.62. The Balaban J connectivity index is 2.21. The summed E-state index contributed by atoms with van der Waals surface area (Å²) in [6.07, 6.45) is 3.46. The first kappa shape index (κ1) is 15.4. The SMILES string of the molecule is COC1(c2noc(C(C)C(C)O)n2)CCC(C)(C)CC1. The topological polar surface area (TPSA) is 68.4 Å². The van der Waals surface area contributed by atoms with Crippen LogP contribution in [0.4, 0.5) is 0 Å². The molecule has 1 N–H and O–H groups in total. The van der Waals surface area contributed by atoms with Gasteiger partial charge in [0, 0.05) is 7.11 Å². The largest absolute Gasteiger partial charge is 0.393 e. The van der Waals surface area contributed by atoms with E-state index in [0.717, 1.165) is 25.7 Å². The molecular weight excluding hydrogens is 256 g/mol. The maximum absolute atomic E-state index is 9.62. The van der Waals surface area contributed by atoms with Crippen molar-refractivity contribution >= 4 is 0 Å². The highest BCUT2D eigenvalue weighted by Crippen LogP contribution is 2.46. The van der Waals surface area contributed by atoms with Crippen molar-refractivity contribution < 1.29 is 14.4 Å². The molecule has 0 aliphatic heterocycles. The fraction of sp³-hybridized carbons (Fsp3) is 0.867. The molecule has 5 nitrogen and oxygen atoms in total. The molecule has 1 heterocycles. The molecule has 1 aliphatic carbocycles. The lowest BCUT2D eigenvalue weighted by molar-refractivity contribution is -0.0740. The van der Waals surface area contributed by atoms with Crippen molar-refractivity contribution in [1.82, 2.24) is 10.1 Å². The molecule has 0 radical (unpaired) electrons. The van der Waals surface area contributed by atoms with Gasteiger partial charge >= 0.3 is 0 Å². The van der Waals surface area contributed by atoms with Gasteiger partial charge in [-0.05, 0) is 38.0 Å². The van der Waals surface area contributed by atoms with Gasteiger partial charge in [-0.3, -0.25) is 0 Å². The molecule has 1 aromatic rings. The average Bonchev–Trinajstić information content (AvgIpc) is 2.88. The Bertz CT molecular complexity index is 444. The number of ether oxygens (including phenoxy) is 1. The Morgan fingerprint density at radius 3 is 2.30 bits per heavy atom. The quantitative estimate of drug-likeness (QED) is 0.919. The number of rotatable bonds is 4. The standard InChI is InChI=1S/C15H26N2O3/c1-10(11(2)18)12-16-13(17-20-12)15(19-5)8-6-14(3,4)7-9-15/h10-11,18H,6-9H2,1-5H3. The van der Waals surface area contributed by atoms with E-state index in [-0.39, 0.29) is 5.92 Å². The van der Waals surface area contributed by atoms with Crippen LogP contribution in [0.25, 0.3) is 0 Å². The Hall–Kier alpha value is -0.940. The Labute approximate surface area is 120 Å². The molecule has 0 spiro atoms. The van der Waals surface area contributed by atoms with Gasteiger partial charge < -0.3 is 14.4 Å². The summed E-state index contributed by atoms with van der Waals surface area (Å²) in [5.41, 5.74) is -0.0861. The van der Waals surface area contributed by atoms with Crippen LogP contribution < -0.4 is 0 Å². The van der Waals surface area contributed by atoms with Gasteiger partial charge in [-0.15, -0.1) is 0 Å². The minimum atomic E-state index is -0.507. The molecule has 0 aromatic carbocycles. The van der Waals surface area contributed by atoms with Gasteiger partial charge in [0.25, 0.3) is 0 Å². The fourth-order valence-corrected chi connectivity index (χ4v) is 2.66. The summed E-state index contributed by atoms with van der Waals surface area (Å²) in [5.74, 6) is 0.944. The first-order valence-corrected chi connectivity index (χ1v) is 7.37. The molecular formula is C15H26N2O3. The molecule has 2 unspecified atom stereocenters. The van der Waals surface area contributed by atoms with Crippen LogP contribution in [-0.2, 0) is 10.3 Å². The molecule has 1 aliphatic rings. The van der Waals surface area contributed by atoms with Crippen molar-refractivity contribution in [2.75, 3.05) is 7.11 Å². The van der Waals surface area contributed by atoms with Crippen LogP contribution in [0.3, 0.4) is 0 Å². The molecule has 0 bridgehead atoms. The molecule has 1 saturated carbocycles. The van der Waals surface area contributed by atoms with E-state index in [1.54, 1.807) is 14.0 Å². The van der Waals surface area contributed by atoms with Crippen molar-refractivity contribution in [1.29, 1.82) is 0 Å². The maximum Gasteiger partial charge on any atom is 0.232 e. The summed E-state index contributed by atoms with van der Waals surface area (Å²) in [4.78, 5) is 4.48. The van der Waals surface area contributed by atoms with Crippen LogP contribution in [0.15, 0.2) is 4.52 Å². The normalized spacial score (nSPS) is 24.3. The van der Waals surface area contributed by atoms with Gasteiger partial charge in [0.2, 0.25) is 11.7 Å². The summed E-state index contributed by atoms with van der Waals surface area (Å²) >= 11 is 0. The van der Waals surface area contributed by atoms with E-state index in [0.29, 0.717) is 17.1 Å². The summed E-state index contributed by atoms with van der Waals surface area (Å²) in [7, 11) is 1.71. The summed E-state index contributed by atoms with van der Waals surface area (Å²) in [5, 5.41) is 13.7. The molecule has 0 saturated heterocycles. The number of hydrogen-bond donors (Lipinski definition) is 1. The Morgan fingerprint density at radius 2 is 1.80 bits per heavy atom. The van der Waals surface area contributed by atoms with Crippen molar-refractivity contribution in [3.8, 4) is 0 Å². The highest BCUT2D eigenvalue weighted by atomic mass is 16.5. The Kier molecular flexibility index (Phi) is 4.21. The average molecular weight is 282 g/mol. The van der Waals surface area contributed by atoms with Gasteiger partial charge in [-0.1, -0.05) is 25.9 Å². The molecule has 2 atom stereocenters. The molecule has 20 heavy (non-hydrogen) atoms. The first-order chi connectivity index (χ1) is 9.30. The molecule has 5 heteroatoms. The van der Waals surface area contributed by atoms with Gasteiger partial charge in [0.15, 0.2) is 0 Å². The van der Waals surface area contributed by atoms with Crippen LogP contribution in [0, 0.1) is 5.41 Å². The van der Waals surface area contributed by atoms with E-state index in [4.69, 9.17) is 9.26 Å². The van der Waals surface area contributed by atoms with E-state index in [2.05, 4.69) is 24.0 Å². The zero-order valence-electron chi connectivity index (χ0n) is 13.1. The van der Waals surface area contributed by atoms with Crippen molar-refractivity contribution in [3.63, 3.8) is 0 Å². The number of aliphatic hydroxyl groups excluding tert-OH is 1. The smallest absolute Gasteiger partial charge is 0.232 e. The number of hydrogen-bond acceptors (Lipinski definition) is 5. The second-order valence-electron chi connectivity index (χ2n) is 6.85. The first-order valence-electron chi connectivity index (χ1n) is 7.37. The van der Waals surface area contributed by atoms with E-state index >= 15 is 0 Å². The van der Waals surface area contributed by atoms with Gasteiger partial charge in [-0.25, -0.2) is 0 Å². The van der Waals surface area contributed by atoms with E-state index < -0.39 is 11.7 Å². The monoisotopic (exact) mass is 282 g/mol. The lowest BCUT2D eigenvalue weighted by Crippen LogP contribution is -2.37. The molecule has 114 valence electrons. The van der Waals surface area contributed by atoms with Gasteiger partial charge in [-0.2, -0.15) is 4.98 Å². The number of aliphatic hydroxyl groups is 1. The zero-order chi connectivity index (χ0) is 15.0. The summed E-state index contributed by atoms with van der Waals surface area (Å²) in [6.45, 7) is 8.17. The fourth-order valence-electron chi connectivity index (χ4n) is 2.66. The van der Waals surface area contributed by atoms with E-state index in [9.17, 15) is 5.11 Å². The third-order valence-electron chi connectivity index (χ3n) is 4.76. The second kappa shape index (κ2) is 5.45. The van der Waals surface area contributed by atoms with Crippen molar-refractivity contribution in [2.45, 2.75) is 71.0 Å². The summed E-state index contributed by atoms with van der Waals surface area (Å²) in [6, 6.07) is 0. The van der Waals surface area contributed by atoms with Crippen LogP contribution in [0.5, 0.6) is 0 Å². The highest BCUT2D eigenvalue weighted by molar-refractivity contribution is 5.06. The minimum absolute atomic E-state index is 0.162. The predicted molar refractivity (Wildman–Crippen MR) is 75.3 cm³/mol. The van der Waals surface area contributed by atoms with E-state index in [1.165, 1.54) is 0 Å². The minimum Gasteiger partial charge on any atom is -0.393 e. The number of nitrogens with zero attached hydrogens (tertiary/aromatic N) is 2. The molecule has 1 aromatic heterocycles. The summed E-state index contributed by atoms with van der Waals surface area (Å²) < 4.78 is 11.1. The molecule has 2 rings (SSSR count). The zero-order valence-corrected chi connectivity index (χ0v) is 13.1.